The maximum Gasteiger partial charge on any atom is -0.0325 e. The van der Waals surface area contributed by atoms with E-state index >= 15 is 0 Å². The quantitative estimate of drug-likeness (QED) is 0.327. The molecule has 0 bridgehead atoms. The van der Waals surface area contributed by atoms with E-state index in [2.05, 4.69) is 60.6 Å². The van der Waals surface area contributed by atoms with Crippen LogP contribution in [0.4, 0.5) is 0 Å². The van der Waals surface area contributed by atoms with E-state index in [0.29, 0.717) is 0 Å². The lowest BCUT2D eigenvalue weighted by molar-refractivity contribution is 0.272. The summed E-state index contributed by atoms with van der Waals surface area (Å²) < 4.78 is 0. The minimum Gasteiger partial charge on any atom is -0.0917 e. The van der Waals surface area contributed by atoms with Crippen LogP contribution in [0.5, 0.6) is 0 Å². The number of hydrogen-bond acceptors (Lipinski definition) is 0. The van der Waals surface area contributed by atoms with E-state index < -0.39 is 0 Å². The highest BCUT2D eigenvalue weighted by atomic mass is 14.2. The summed E-state index contributed by atoms with van der Waals surface area (Å²) in [5.74, 6) is 4.38. The first-order valence-corrected chi connectivity index (χ1v) is 9.47. The van der Waals surface area contributed by atoms with Crippen LogP contribution >= 0.6 is 0 Å². The van der Waals surface area contributed by atoms with Crippen LogP contribution in [0, 0.1) is 29.6 Å². The van der Waals surface area contributed by atoms with Gasteiger partial charge in [0.05, 0.1) is 0 Å². The van der Waals surface area contributed by atoms with Crippen molar-refractivity contribution in [3.05, 3.63) is 12.2 Å². The SMILES string of the molecule is CC=CCC(C)CCC(C)C(C)CC(C)CCCC(C)C. The molecule has 0 saturated carbocycles. The summed E-state index contributed by atoms with van der Waals surface area (Å²) in [6, 6.07) is 0. The van der Waals surface area contributed by atoms with Crippen molar-refractivity contribution in [3.63, 3.8) is 0 Å². The minimum atomic E-state index is 0.847. The topological polar surface area (TPSA) is 0 Å². The molecule has 0 nitrogen and oxygen atoms in total. The molecule has 0 aliphatic heterocycles. The molecule has 0 amide bonds. The first-order valence-electron chi connectivity index (χ1n) is 9.47. The van der Waals surface area contributed by atoms with Gasteiger partial charge in [0, 0.05) is 0 Å². The van der Waals surface area contributed by atoms with Gasteiger partial charge in [0.25, 0.3) is 0 Å². The Hall–Kier alpha value is -0.260. The molecule has 21 heavy (non-hydrogen) atoms. The Balaban J connectivity index is 3.84. The fraction of sp³-hybridized carbons (Fsp3) is 0.905. The Bertz CT molecular complexity index is 251. The van der Waals surface area contributed by atoms with E-state index in [1.807, 2.05) is 0 Å². The van der Waals surface area contributed by atoms with Gasteiger partial charge in [0.1, 0.15) is 0 Å². The summed E-state index contributed by atoms with van der Waals surface area (Å²) in [4.78, 5) is 0. The summed E-state index contributed by atoms with van der Waals surface area (Å²) >= 11 is 0. The zero-order valence-electron chi connectivity index (χ0n) is 16.0. The fourth-order valence-corrected chi connectivity index (χ4v) is 3.18. The van der Waals surface area contributed by atoms with E-state index in [-0.39, 0.29) is 0 Å². The third kappa shape index (κ3) is 12.0. The van der Waals surface area contributed by atoms with Crippen molar-refractivity contribution < 1.29 is 0 Å². The molecule has 126 valence electrons. The van der Waals surface area contributed by atoms with Gasteiger partial charge in [0.15, 0.2) is 0 Å². The van der Waals surface area contributed by atoms with Crippen molar-refractivity contribution in [3.8, 4) is 0 Å². The largest absolute Gasteiger partial charge is 0.0917 e. The van der Waals surface area contributed by atoms with Crippen LogP contribution in [0.3, 0.4) is 0 Å². The van der Waals surface area contributed by atoms with Crippen LogP contribution in [0.1, 0.15) is 93.4 Å². The van der Waals surface area contributed by atoms with Gasteiger partial charge in [-0.3, -0.25) is 0 Å². The number of rotatable bonds is 12. The highest BCUT2D eigenvalue weighted by Gasteiger charge is 2.16. The van der Waals surface area contributed by atoms with Gasteiger partial charge >= 0.3 is 0 Å². The molecule has 0 aliphatic rings. The Kier molecular flexibility index (Phi) is 12.1. The molecule has 0 rings (SSSR count). The smallest absolute Gasteiger partial charge is 0.0325 e. The summed E-state index contributed by atoms with van der Waals surface area (Å²) in [6.45, 7) is 16.6. The Morgan fingerprint density at radius 1 is 0.714 bits per heavy atom. The lowest BCUT2D eigenvalue weighted by atomic mass is 9.82. The van der Waals surface area contributed by atoms with Gasteiger partial charge in [-0.15, -0.1) is 0 Å². The molecule has 4 atom stereocenters. The zero-order valence-corrected chi connectivity index (χ0v) is 16.0. The van der Waals surface area contributed by atoms with Crippen LogP contribution in [-0.2, 0) is 0 Å². The first kappa shape index (κ1) is 20.7. The molecule has 0 aliphatic carbocycles. The highest BCUT2D eigenvalue weighted by molar-refractivity contribution is 4.79. The van der Waals surface area contributed by atoms with E-state index in [0.717, 1.165) is 29.6 Å². The third-order valence-electron chi connectivity index (χ3n) is 5.11. The van der Waals surface area contributed by atoms with Crippen molar-refractivity contribution >= 4 is 0 Å². The van der Waals surface area contributed by atoms with Crippen LogP contribution < -0.4 is 0 Å². The van der Waals surface area contributed by atoms with Crippen molar-refractivity contribution in [1.82, 2.24) is 0 Å². The molecule has 0 radical (unpaired) electrons. The Morgan fingerprint density at radius 2 is 1.38 bits per heavy atom. The molecule has 0 saturated heterocycles. The minimum absolute atomic E-state index is 0.847. The van der Waals surface area contributed by atoms with Gasteiger partial charge in [-0.25, -0.2) is 0 Å². The molecule has 0 heteroatoms. The molecule has 0 aromatic heterocycles. The molecule has 0 aromatic carbocycles. The molecule has 0 spiro atoms. The van der Waals surface area contributed by atoms with Crippen LogP contribution in [0.15, 0.2) is 12.2 Å². The maximum absolute atomic E-state index is 2.47. The zero-order chi connectivity index (χ0) is 16.3. The van der Waals surface area contributed by atoms with Gasteiger partial charge in [-0.1, -0.05) is 85.8 Å². The van der Waals surface area contributed by atoms with Gasteiger partial charge in [-0.05, 0) is 49.4 Å². The van der Waals surface area contributed by atoms with Crippen LogP contribution in [0.2, 0.25) is 0 Å². The Morgan fingerprint density at radius 3 is 1.95 bits per heavy atom. The third-order valence-corrected chi connectivity index (χ3v) is 5.11. The van der Waals surface area contributed by atoms with Gasteiger partial charge < -0.3 is 0 Å². The summed E-state index contributed by atoms with van der Waals surface area (Å²) in [6.07, 6.45) is 14.2. The lowest BCUT2D eigenvalue weighted by Crippen LogP contribution is -2.13. The van der Waals surface area contributed by atoms with E-state index in [4.69, 9.17) is 0 Å². The predicted molar refractivity (Wildman–Crippen MR) is 98.6 cm³/mol. The molecule has 0 aromatic rings. The molecule has 0 fully saturated rings. The number of allylic oxidation sites excluding steroid dienone is 2. The van der Waals surface area contributed by atoms with Crippen LogP contribution in [0.25, 0.3) is 0 Å². The maximum atomic E-state index is 2.47. The van der Waals surface area contributed by atoms with Gasteiger partial charge in [-0.2, -0.15) is 0 Å². The van der Waals surface area contributed by atoms with Crippen molar-refractivity contribution in [2.45, 2.75) is 93.4 Å². The second-order valence-electron chi connectivity index (χ2n) is 8.11. The second kappa shape index (κ2) is 12.3. The number of hydrogen-bond donors (Lipinski definition) is 0. The highest BCUT2D eigenvalue weighted by Crippen LogP contribution is 2.28. The van der Waals surface area contributed by atoms with Crippen molar-refractivity contribution in [1.29, 1.82) is 0 Å². The average molecular weight is 295 g/mol. The predicted octanol–water partition coefficient (Wildman–Crippen LogP) is 7.49. The summed E-state index contributed by atoms with van der Waals surface area (Å²) in [5, 5.41) is 0. The van der Waals surface area contributed by atoms with E-state index in [1.165, 1.54) is 44.9 Å². The van der Waals surface area contributed by atoms with Crippen LogP contribution in [-0.4, -0.2) is 0 Å². The average Bonchev–Trinajstić information content (AvgIpc) is 2.41. The van der Waals surface area contributed by atoms with E-state index in [9.17, 15) is 0 Å². The fourth-order valence-electron chi connectivity index (χ4n) is 3.18. The monoisotopic (exact) mass is 294 g/mol. The Labute approximate surface area is 135 Å². The first-order chi connectivity index (χ1) is 9.86. The molecular formula is C21H42. The molecule has 4 unspecified atom stereocenters. The molecule has 0 heterocycles. The standard InChI is InChI=1S/C21H42/c1-8-9-12-18(4)14-15-20(6)21(7)16-19(5)13-10-11-17(2)3/h8-9,17-21H,10-16H2,1-7H3. The lowest BCUT2D eigenvalue weighted by Gasteiger charge is -2.24. The van der Waals surface area contributed by atoms with Gasteiger partial charge in [0.2, 0.25) is 0 Å². The molecular weight excluding hydrogens is 252 g/mol. The molecule has 0 N–H and O–H groups in total. The summed E-state index contributed by atoms with van der Waals surface area (Å²) in [5.41, 5.74) is 0. The van der Waals surface area contributed by atoms with Crippen molar-refractivity contribution in [2.24, 2.45) is 29.6 Å². The van der Waals surface area contributed by atoms with Crippen molar-refractivity contribution in [2.75, 3.05) is 0 Å². The summed E-state index contributed by atoms with van der Waals surface area (Å²) in [7, 11) is 0. The van der Waals surface area contributed by atoms with E-state index in [1.54, 1.807) is 0 Å². The second-order valence-corrected chi connectivity index (χ2v) is 8.11. The normalized spacial score (nSPS) is 18.1.